The maximum atomic E-state index is 11.6. The molecule has 336 valence electrons. The fraction of sp³-hybridized carbons (Fsp3) is 0. The van der Waals surface area contributed by atoms with Crippen molar-refractivity contribution >= 4 is 61.6 Å². The normalized spacial score (nSPS) is 10.8. The highest BCUT2D eigenvalue weighted by atomic mass is 15.1. The SMILES string of the molecule is N#Cc1ccc(-c2c(N)c(-c3ccc(C#N)cc3)c(-n3c4ccc(N(c5ccccc5)c5ccccc5)cc4c4cc(N(c5ccccc5)c5ccccc5)ccc43)c(-c3ccc(C#N)cc3)c2C#N)cc1. The number of fused-ring (bicyclic) bond motifs is 3. The molecule has 0 fully saturated rings. The fourth-order valence-corrected chi connectivity index (χ4v) is 9.82. The minimum Gasteiger partial charge on any atom is -0.398 e. The molecule has 0 bridgehead atoms. The van der Waals surface area contributed by atoms with Gasteiger partial charge in [0.05, 0.1) is 62.9 Å². The summed E-state index contributed by atoms with van der Waals surface area (Å²) in [5.41, 5.74) is 21.6. The molecule has 72 heavy (non-hydrogen) atoms. The van der Waals surface area contributed by atoms with E-state index in [0.717, 1.165) is 61.5 Å². The Morgan fingerprint density at radius 2 is 0.667 bits per heavy atom. The Kier molecular flexibility index (Phi) is 11.5. The minimum absolute atomic E-state index is 0.316. The summed E-state index contributed by atoms with van der Waals surface area (Å²) >= 11 is 0. The van der Waals surface area contributed by atoms with Crippen molar-refractivity contribution in [2.24, 2.45) is 0 Å². The topological polar surface area (TPSA) is 133 Å². The second-order valence-corrected chi connectivity index (χ2v) is 17.2. The summed E-state index contributed by atoms with van der Waals surface area (Å²) in [4.78, 5) is 4.49. The Bertz CT molecular complexity index is 3770. The van der Waals surface area contributed by atoms with E-state index in [1.165, 1.54) is 0 Å². The van der Waals surface area contributed by atoms with E-state index in [0.29, 0.717) is 61.4 Å². The zero-order chi connectivity index (χ0) is 49.1. The van der Waals surface area contributed by atoms with Crippen molar-refractivity contribution in [3.05, 3.63) is 253 Å². The van der Waals surface area contributed by atoms with Crippen LogP contribution in [0.3, 0.4) is 0 Å². The van der Waals surface area contributed by atoms with Crippen molar-refractivity contribution in [2.75, 3.05) is 15.5 Å². The Morgan fingerprint density at radius 1 is 0.333 bits per heavy atom. The average molecular weight is 921 g/mol. The summed E-state index contributed by atoms with van der Waals surface area (Å²) in [6, 6.07) is 85.2. The van der Waals surface area contributed by atoms with Crippen molar-refractivity contribution in [2.45, 2.75) is 0 Å². The van der Waals surface area contributed by atoms with Gasteiger partial charge in [0, 0.05) is 61.6 Å². The number of hydrogen-bond acceptors (Lipinski definition) is 7. The predicted octanol–water partition coefficient (Wildman–Crippen LogP) is 15.8. The van der Waals surface area contributed by atoms with Gasteiger partial charge in [-0.1, -0.05) is 109 Å². The number of nitrogen functional groups attached to an aromatic ring is 1. The number of rotatable bonds is 10. The van der Waals surface area contributed by atoms with Gasteiger partial charge in [0.2, 0.25) is 0 Å². The highest BCUT2D eigenvalue weighted by Gasteiger charge is 2.30. The first-order valence-electron chi connectivity index (χ1n) is 23.3. The lowest BCUT2D eigenvalue weighted by atomic mass is 9.84. The zero-order valence-electron chi connectivity index (χ0n) is 38.6. The molecule has 0 atom stereocenters. The van der Waals surface area contributed by atoms with Crippen molar-refractivity contribution in [3.8, 4) is 63.3 Å². The van der Waals surface area contributed by atoms with Crippen LogP contribution in [0.5, 0.6) is 0 Å². The molecular formula is C64H40N8. The van der Waals surface area contributed by atoms with Gasteiger partial charge in [0.1, 0.15) is 6.07 Å². The third-order valence-corrected chi connectivity index (χ3v) is 13.1. The maximum absolute atomic E-state index is 11.6. The number of nitrogens with zero attached hydrogens (tertiary/aromatic N) is 7. The summed E-state index contributed by atoms with van der Waals surface area (Å²) in [6.45, 7) is 0. The molecule has 0 saturated heterocycles. The number of benzene rings is 10. The molecule has 0 aliphatic heterocycles. The van der Waals surface area contributed by atoms with E-state index >= 15 is 0 Å². The van der Waals surface area contributed by atoms with Gasteiger partial charge in [0.25, 0.3) is 0 Å². The summed E-state index contributed by atoms with van der Waals surface area (Å²) in [7, 11) is 0. The number of aromatic nitrogens is 1. The number of nitriles is 4. The van der Waals surface area contributed by atoms with E-state index in [2.05, 4.69) is 124 Å². The van der Waals surface area contributed by atoms with Crippen molar-refractivity contribution < 1.29 is 0 Å². The molecule has 10 aromatic carbocycles. The molecule has 0 aliphatic carbocycles. The van der Waals surface area contributed by atoms with Crippen LogP contribution < -0.4 is 15.5 Å². The van der Waals surface area contributed by atoms with E-state index in [1.54, 1.807) is 36.4 Å². The van der Waals surface area contributed by atoms with Crippen LogP contribution in [0.15, 0.2) is 231 Å². The molecule has 1 aromatic heterocycles. The molecule has 1 heterocycles. The van der Waals surface area contributed by atoms with Gasteiger partial charge in [-0.3, -0.25) is 0 Å². The smallest absolute Gasteiger partial charge is 0.101 e. The molecule has 0 unspecified atom stereocenters. The lowest BCUT2D eigenvalue weighted by molar-refractivity contribution is 1.18. The van der Waals surface area contributed by atoms with Crippen molar-refractivity contribution in [3.63, 3.8) is 0 Å². The summed E-state index contributed by atoms with van der Waals surface area (Å²) < 4.78 is 2.21. The van der Waals surface area contributed by atoms with Crippen LogP contribution in [0.2, 0.25) is 0 Å². The molecule has 0 amide bonds. The van der Waals surface area contributed by atoms with Crippen LogP contribution in [-0.2, 0) is 0 Å². The predicted molar refractivity (Wildman–Crippen MR) is 290 cm³/mol. The van der Waals surface area contributed by atoms with Crippen LogP contribution in [0, 0.1) is 45.3 Å². The maximum Gasteiger partial charge on any atom is 0.101 e. The average Bonchev–Trinajstić information content (AvgIpc) is 3.76. The number of anilines is 7. The molecule has 8 heteroatoms. The quantitative estimate of drug-likeness (QED) is 0.135. The Labute approximate surface area is 417 Å². The molecule has 11 rings (SSSR count). The largest absolute Gasteiger partial charge is 0.398 e. The van der Waals surface area contributed by atoms with Crippen LogP contribution >= 0.6 is 0 Å². The summed E-state index contributed by atoms with van der Waals surface area (Å²) in [6.07, 6.45) is 0. The van der Waals surface area contributed by atoms with Gasteiger partial charge in [-0.25, -0.2) is 0 Å². The number of hydrogen-bond donors (Lipinski definition) is 1. The van der Waals surface area contributed by atoms with Crippen LogP contribution in [0.4, 0.5) is 39.8 Å². The molecule has 8 nitrogen and oxygen atoms in total. The second kappa shape index (κ2) is 18.8. The van der Waals surface area contributed by atoms with Crippen LogP contribution in [0.25, 0.3) is 60.9 Å². The first-order valence-corrected chi connectivity index (χ1v) is 23.3. The highest BCUT2D eigenvalue weighted by molar-refractivity contribution is 6.15. The fourth-order valence-electron chi connectivity index (χ4n) is 9.82. The second-order valence-electron chi connectivity index (χ2n) is 17.2. The Hall–Kier alpha value is -10.6. The molecule has 2 N–H and O–H groups in total. The molecule has 0 aliphatic rings. The molecule has 0 saturated carbocycles. The van der Waals surface area contributed by atoms with Gasteiger partial charge in [-0.2, -0.15) is 21.0 Å². The standard InChI is InChI=1S/C64H40N8/c65-39-43-21-27-46(28-22-43)60-57(42-68)61(47-29-23-44(40-66)24-30-47)64(62(63(60)69)48-31-25-45(41-67)26-32-48)72-58-35-33-53(70(49-13-5-1-6-14-49)50-15-7-2-8-16-50)37-55(58)56-38-54(34-36-59(56)72)71(51-17-9-3-10-18-51)52-19-11-4-12-20-52/h1-38H,69H2. The van der Waals surface area contributed by atoms with Gasteiger partial charge >= 0.3 is 0 Å². The van der Waals surface area contributed by atoms with Crippen molar-refractivity contribution in [1.82, 2.24) is 4.57 Å². The lowest BCUT2D eigenvalue weighted by Crippen LogP contribution is -2.10. The van der Waals surface area contributed by atoms with Crippen molar-refractivity contribution in [1.29, 1.82) is 21.0 Å². The summed E-state index contributed by atoms with van der Waals surface area (Å²) in [5, 5.41) is 43.2. The van der Waals surface area contributed by atoms with Gasteiger partial charge < -0.3 is 20.1 Å². The first-order chi connectivity index (χ1) is 35.5. The van der Waals surface area contributed by atoms with E-state index in [-0.39, 0.29) is 0 Å². The zero-order valence-corrected chi connectivity index (χ0v) is 38.6. The van der Waals surface area contributed by atoms with Crippen LogP contribution in [0.1, 0.15) is 22.3 Å². The molecular weight excluding hydrogens is 881 g/mol. The van der Waals surface area contributed by atoms with Gasteiger partial charge in [-0.05, 0) is 138 Å². The number of nitrogens with two attached hydrogens (primary N) is 1. The van der Waals surface area contributed by atoms with Crippen LogP contribution in [-0.4, -0.2) is 4.57 Å². The molecule has 0 radical (unpaired) electrons. The van der Waals surface area contributed by atoms with Gasteiger partial charge in [-0.15, -0.1) is 0 Å². The first kappa shape index (κ1) is 43.9. The minimum atomic E-state index is 0.316. The van der Waals surface area contributed by atoms with E-state index < -0.39 is 0 Å². The monoisotopic (exact) mass is 920 g/mol. The van der Waals surface area contributed by atoms with E-state index in [4.69, 9.17) is 5.73 Å². The third kappa shape index (κ3) is 7.76. The molecule has 0 spiro atoms. The van der Waals surface area contributed by atoms with E-state index in [9.17, 15) is 21.0 Å². The lowest BCUT2D eigenvalue weighted by Gasteiger charge is -2.26. The number of para-hydroxylation sites is 4. The van der Waals surface area contributed by atoms with Gasteiger partial charge in [0.15, 0.2) is 0 Å². The third-order valence-electron chi connectivity index (χ3n) is 13.1. The summed E-state index contributed by atoms with van der Waals surface area (Å²) in [5.74, 6) is 0. The Balaban J connectivity index is 1.31. The Morgan fingerprint density at radius 3 is 1.00 bits per heavy atom. The highest BCUT2D eigenvalue weighted by Crippen LogP contribution is 2.51. The van der Waals surface area contributed by atoms with E-state index in [1.807, 2.05) is 109 Å². The molecule has 11 aromatic rings.